The zero-order valence-electron chi connectivity index (χ0n) is 16.8. The molecule has 1 atom stereocenters. The number of aliphatic hydroxyl groups is 1. The average molecular weight is 425 g/mol. The van der Waals surface area contributed by atoms with Crippen LogP contribution in [0.5, 0.6) is 0 Å². The topological polar surface area (TPSA) is 95.5 Å². The van der Waals surface area contributed by atoms with Gasteiger partial charge in [-0.1, -0.05) is 54.6 Å². The standard InChI is InChI=1S/C23H24N2O4S/c1-16-12-13-19(30(28,29)25-21-11-7-6-8-17(21)2)14-20(16)23(27)24-15-22(26)18-9-4-3-5-10-18/h3-14,22,25-26H,15H2,1-2H3,(H,24,27). The first-order valence-electron chi connectivity index (χ1n) is 9.48. The van der Waals surface area contributed by atoms with Gasteiger partial charge in [-0.25, -0.2) is 8.42 Å². The highest BCUT2D eigenvalue weighted by molar-refractivity contribution is 7.92. The summed E-state index contributed by atoms with van der Waals surface area (Å²) in [7, 11) is -3.86. The largest absolute Gasteiger partial charge is 0.387 e. The molecule has 6 nitrogen and oxygen atoms in total. The van der Waals surface area contributed by atoms with Crippen molar-refractivity contribution in [3.63, 3.8) is 0 Å². The van der Waals surface area contributed by atoms with E-state index in [1.807, 2.05) is 25.1 Å². The first-order valence-corrected chi connectivity index (χ1v) is 11.0. The molecule has 0 heterocycles. The lowest BCUT2D eigenvalue weighted by molar-refractivity contribution is 0.0915. The van der Waals surface area contributed by atoms with Crippen LogP contribution in [0.3, 0.4) is 0 Å². The van der Waals surface area contributed by atoms with Crippen LogP contribution in [0.15, 0.2) is 77.7 Å². The van der Waals surface area contributed by atoms with Gasteiger partial charge in [-0.2, -0.15) is 0 Å². The molecule has 156 valence electrons. The molecule has 0 spiro atoms. The van der Waals surface area contributed by atoms with Crippen molar-refractivity contribution in [1.29, 1.82) is 0 Å². The molecule has 1 amide bonds. The van der Waals surface area contributed by atoms with Crippen molar-refractivity contribution in [3.8, 4) is 0 Å². The molecule has 0 saturated carbocycles. The maximum atomic E-state index is 12.8. The first-order chi connectivity index (χ1) is 14.3. The number of benzene rings is 3. The van der Waals surface area contributed by atoms with E-state index in [1.165, 1.54) is 12.1 Å². The molecule has 0 bridgehead atoms. The van der Waals surface area contributed by atoms with Gasteiger partial charge in [0.2, 0.25) is 0 Å². The number of hydrogen-bond acceptors (Lipinski definition) is 4. The SMILES string of the molecule is Cc1ccccc1NS(=O)(=O)c1ccc(C)c(C(=O)NCC(O)c2ccccc2)c1. The van der Waals surface area contributed by atoms with Gasteiger partial charge in [0.15, 0.2) is 0 Å². The molecule has 3 N–H and O–H groups in total. The quantitative estimate of drug-likeness (QED) is 0.540. The number of carbonyl (C=O) groups excluding carboxylic acids is 1. The Hall–Kier alpha value is -3.16. The van der Waals surface area contributed by atoms with Crippen molar-refractivity contribution in [3.05, 3.63) is 95.1 Å². The molecular weight excluding hydrogens is 400 g/mol. The van der Waals surface area contributed by atoms with Gasteiger partial charge < -0.3 is 10.4 Å². The molecular formula is C23H24N2O4S. The summed E-state index contributed by atoms with van der Waals surface area (Å²) >= 11 is 0. The summed E-state index contributed by atoms with van der Waals surface area (Å²) in [6, 6.07) is 20.5. The Morgan fingerprint density at radius 3 is 2.30 bits per heavy atom. The number of nitrogens with one attached hydrogen (secondary N) is 2. The Kier molecular flexibility index (Phi) is 6.54. The van der Waals surface area contributed by atoms with Gasteiger partial charge in [-0.15, -0.1) is 0 Å². The van der Waals surface area contributed by atoms with Crippen LogP contribution in [0.4, 0.5) is 5.69 Å². The zero-order chi connectivity index (χ0) is 21.7. The Labute approximate surface area is 176 Å². The fourth-order valence-corrected chi connectivity index (χ4v) is 4.14. The lowest BCUT2D eigenvalue weighted by Gasteiger charge is -2.15. The molecule has 30 heavy (non-hydrogen) atoms. The summed E-state index contributed by atoms with van der Waals surface area (Å²) in [6.07, 6.45) is -0.856. The Bertz CT molecular complexity index is 1140. The number of amides is 1. The number of aliphatic hydroxyl groups excluding tert-OH is 1. The molecule has 0 aliphatic rings. The van der Waals surface area contributed by atoms with Crippen LogP contribution in [-0.4, -0.2) is 26.0 Å². The third-order valence-electron chi connectivity index (χ3n) is 4.79. The number of anilines is 1. The van der Waals surface area contributed by atoms with Gasteiger partial charge in [-0.05, 0) is 48.7 Å². The van der Waals surface area contributed by atoms with Gasteiger partial charge in [0.05, 0.1) is 16.7 Å². The van der Waals surface area contributed by atoms with E-state index in [1.54, 1.807) is 49.4 Å². The molecule has 3 aromatic carbocycles. The van der Waals surface area contributed by atoms with Crippen LogP contribution in [0, 0.1) is 13.8 Å². The highest BCUT2D eigenvalue weighted by Gasteiger charge is 2.19. The van der Waals surface area contributed by atoms with Crippen molar-refractivity contribution in [1.82, 2.24) is 5.32 Å². The van der Waals surface area contributed by atoms with Crippen molar-refractivity contribution in [2.75, 3.05) is 11.3 Å². The lowest BCUT2D eigenvalue weighted by Crippen LogP contribution is -2.29. The van der Waals surface area contributed by atoms with E-state index < -0.39 is 22.0 Å². The number of para-hydroxylation sites is 1. The van der Waals surface area contributed by atoms with Crippen LogP contribution in [0.2, 0.25) is 0 Å². The summed E-state index contributed by atoms with van der Waals surface area (Å²) in [5.74, 6) is -0.449. The summed E-state index contributed by atoms with van der Waals surface area (Å²) in [4.78, 5) is 12.6. The Balaban J connectivity index is 1.77. The van der Waals surface area contributed by atoms with Crippen LogP contribution in [0.25, 0.3) is 0 Å². The number of aryl methyl sites for hydroxylation is 2. The third kappa shape index (κ3) is 5.06. The molecule has 7 heteroatoms. The van der Waals surface area contributed by atoms with Crippen LogP contribution in [-0.2, 0) is 10.0 Å². The fourth-order valence-electron chi connectivity index (χ4n) is 2.98. The molecule has 0 aromatic heterocycles. The first kappa shape index (κ1) is 21.5. The molecule has 3 rings (SSSR count). The van der Waals surface area contributed by atoms with E-state index in [0.717, 1.165) is 5.56 Å². The van der Waals surface area contributed by atoms with E-state index in [2.05, 4.69) is 10.0 Å². The molecule has 1 unspecified atom stereocenters. The van der Waals surface area contributed by atoms with Gasteiger partial charge in [0.25, 0.3) is 15.9 Å². The molecule has 0 aliphatic heterocycles. The Morgan fingerprint density at radius 1 is 0.933 bits per heavy atom. The molecule has 3 aromatic rings. The highest BCUT2D eigenvalue weighted by Crippen LogP contribution is 2.21. The van der Waals surface area contributed by atoms with Crippen LogP contribution >= 0.6 is 0 Å². The minimum Gasteiger partial charge on any atom is -0.387 e. The maximum Gasteiger partial charge on any atom is 0.261 e. The van der Waals surface area contributed by atoms with E-state index in [9.17, 15) is 18.3 Å². The fraction of sp³-hybridized carbons (Fsp3) is 0.174. The Morgan fingerprint density at radius 2 is 1.60 bits per heavy atom. The number of sulfonamides is 1. The predicted octanol–water partition coefficient (Wildman–Crippen LogP) is 3.57. The van der Waals surface area contributed by atoms with Crippen LogP contribution in [0.1, 0.15) is 33.2 Å². The van der Waals surface area contributed by atoms with Crippen molar-refractivity contribution in [2.24, 2.45) is 0 Å². The third-order valence-corrected chi connectivity index (χ3v) is 6.16. The van der Waals surface area contributed by atoms with E-state index in [-0.39, 0.29) is 17.0 Å². The lowest BCUT2D eigenvalue weighted by atomic mass is 10.1. The average Bonchev–Trinajstić information content (AvgIpc) is 2.74. The monoisotopic (exact) mass is 424 g/mol. The maximum absolute atomic E-state index is 12.8. The second-order valence-corrected chi connectivity index (χ2v) is 8.72. The van der Waals surface area contributed by atoms with Crippen molar-refractivity contribution < 1.29 is 18.3 Å². The van der Waals surface area contributed by atoms with Crippen molar-refractivity contribution >= 4 is 21.6 Å². The summed E-state index contributed by atoms with van der Waals surface area (Å²) < 4.78 is 28.2. The van der Waals surface area contributed by atoms with Gasteiger partial charge in [-0.3, -0.25) is 9.52 Å². The normalized spacial score (nSPS) is 12.2. The van der Waals surface area contributed by atoms with E-state index in [4.69, 9.17) is 0 Å². The number of hydrogen-bond donors (Lipinski definition) is 3. The highest BCUT2D eigenvalue weighted by atomic mass is 32.2. The number of carbonyl (C=O) groups is 1. The summed E-state index contributed by atoms with van der Waals surface area (Å²) in [5.41, 5.74) is 2.84. The predicted molar refractivity (Wildman–Crippen MR) is 117 cm³/mol. The summed E-state index contributed by atoms with van der Waals surface area (Å²) in [6.45, 7) is 3.55. The molecule has 0 aliphatic carbocycles. The van der Waals surface area contributed by atoms with Crippen LogP contribution < -0.4 is 10.0 Å². The minimum atomic E-state index is -3.86. The minimum absolute atomic E-state index is 0.00916. The van der Waals surface area contributed by atoms with E-state index in [0.29, 0.717) is 16.8 Å². The second kappa shape index (κ2) is 9.11. The van der Waals surface area contributed by atoms with Gasteiger partial charge >= 0.3 is 0 Å². The zero-order valence-corrected chi connectivity index (χ0v) is 17.6. The van der Waals surface area contributed by atoms with Gasteiger partial charge in [0, 0.05) is 12.1 Å². The summed E-state index contributed by atoms with van der Waals surface area (Å²) in [5, 5.41) is 12.9. The smallest absolute Gasteiger partial charge is 0.261 e. The molecule has 0 radical (unpaired) electrons. The molecule has 0 saturated heterocycles. The molecule has 0 fully saturated rings. The van der Waals surface area contributed by atoms with Gasteiger partial charge in [0.1, 0.15) is 0 Å². The number of rotatable bonds is 7. The second-order valence-electron chi connectivity index (χ2n) is 7.03. The van der Waals surface area contributed by atoms with Crippen molar-refractivity contribution in [2.45, 2.75) is 24.8 Å². The van der Waals surface area contributed by atoms with E-state index >= 15 is 0 Å².